The average Bonchev–Trinajstić information content (AvgIpc) is 2.88. The largest absolute Gasteiger partial charge is 0.480 e. The van der Waals surface area contributed by atoms with E-state index in [1.165, 1.54) is 6.07 Å². The number of nitrogens with one attached hydrogen (secondary N) is 1. The number of hydrogen-bond donors (Lipinski definition) is 2. The lowest BCUT2D eigenvalue weighted by atomic mass is 9.79. The lowest BCUT2D eigenvalue weighted by Gasteiger charge is -2.34. The predicted molar refractivity (Wildman–Crippen MR) is 91.6 cm³/mol. The molecule has 1 heterocycles. The van der Waals surface area contributed by atoms with E-state index in [1.807, 2.05) is 37.4 Å². The fourth-order valence-electron chi connectivity index (χ4n) is 3.24. The highest BCUT2D eigenvalue weighted by Gasteiger charge is 2.50. The lowest BCUT2D eigenvalue weighted by Crippen LogP contribution is -2.45. The second-order valence-corrected chi connectivity index (χ2v) is 6.69. The fraction of sp³-hybridized carbons (Fsp3) is 0.294. The van der Waals surface area contributed by atoms with Crippen molar-refractivity contribution >= 4 is 27.5 Å². The van der Waals surface area contributed by atoms with Gasteiger partial charge in [-0.1, -0.05) is 41.9 Å². The molecule has 0 unspecified atom stereocenters. The number of likely N-dealkylation sites (N-methyl/N-ethyl adjacent to an activating group) is 1. The lowest BCUT2D eigenvalue weighted by molar-refractivity contribution is 0.0439. The maximum atomic E-state index is 14.0. The van der Waals surface area contributed by atoms with Crippen molar-refractivity contribution in [1.82, 2.24) is 5.32 Å². The summed E-state index contributed by atoms with van der Waals surface area (Å²) in [4.78, 5) is 0. The van der Waals surface area contributed by atoms with Crippen LogP contribution in [0.2, 0.25) is 5.02 Å². The minimum atomic E-state index is -0.827. The van der Waals surface area contributed by atoms with Gasteiger partial charge in [-0.15, -0.1) is 0 Å². The van der Waals surface area contributed by atoms with Gasteiger partial charge in [0.1, 0.15) is 11.6 Å². The number of aliphatic hydroxyl groups excluding tert-OH is 1. The van der Waals surface area contributed by atoms with Crippen LogP contribution in [0.3, 0.4) is 0 Å². The molecule has 0 saturated carbocycles. The summed E-state index contributed by atoms with van der Waals surface area (Å²) in [5.74, 6) is -0.529. The first-order valence-corrected chi connectivity index (χ1v) is 8.39. The van der Waals surface area contributed by atoms with E-state index in [4.69, 9.17) is 16.3 Å². The molecule has 2 N–H and O–H groups in total. The first-order valence-electron chi connectivity index (χ1n) is 7.22. The van der Waals surface area contributed by atoms with Gasteiger partial charge in [-0.25, -0.2) is 4.39 Å². The van der Waals surface area contributed by atoms with E-state index in [0.29, 0.717) is 22.3 Å². The van der Waals surface area contributed by atoms with Crippen molar-refractivity contribution in [2.45, 2.75) is 11.5 Å². The molecule has 0 saturated heterocycles. The first kappa shape index (κ1) is 16.7. The number of benzene rings is 2. The molecule has 0 spiro atoms. The number of aliphatic hydroxyl groups is 1. The maximum absolute atomic E-state index is 14.0. The number of halogens is 3. The molecule has 0 amide bonds. The van der Waals surface area contributed by atoms with E-state index >= 15 is 0 Å². The molecule has 2 aromatic rings. The third-order valence-electron chi connectivity index (χ3n) is 4.25. The second-order valence-electron chi connectivity index (χ2n) is 5.52. The Morgan fingerprint density at radius 3 is 2.70 bits per heavy atom. The summed E-state index contributed by atoms with van der Waals surface area (Å²) in [7, 11) is 1.81. The van der Waals surface area contributed by atoms with Crippen molar-refractivity contribution in [2.75, 3.05) is 20.2 Å². The van der Waals surface area contributed by atoms with Crippen molar-refractivity contribution in [3.63, 3.8) is 0 Å². The average molecular weight is 401 g/mol. The van der Waals surface area contributed by atoms with Crippen molar-refractivity contribution in [1.29, 1.82) is 0 Å². The van der Waals surface area contributed by atoms with E-state index in [9.17, 15) is 9.50 Å². The van der Waals surface area contributed by atoms with Crippen LogP contribution in [0.4, 0.5) is 4.39 Å². The van der Waals surface area contributed by atoms with Crippen LogP contribution in [0.5, 0.6) is 5.75 Å². The molecule has 2 aromatic carbocycles. The molecule has 6 heteroatoms. The summed E-state index contributed by atoms with van der Waals surface area (Å²) in [5.41, 5.74) is 0.776. The summed E-state index contributed by atoms with van der Waals surface area (Å²) in [6.07, 6.45) is 0. The predicted octanol–water partition coefficient (Wildman–Crippen LogP) is 3.82. The molecule has 122 valence electrons. The van der Waals surface area contributed by atoms with Gasteiger partial charge in [0, 0.05) is 22.6 Å². The quantitative estimate of drug-likeness (QED) is 0.767. The van der Waals surface area contributed by atoms with E-state index in [0.717, 1.165) is 5.56 Å². The number of hydrogen-bond acceptors (Lipinski definition) is 3. The van der Waals surface area contributed by atoms with E-state index in [1.54, 1.807) is 0 Å². The Balaban J connectivity index is 2.22. The first-order chi connectivity index (χ1) is 11.0. The zero-order valence-electron chi connectivity index (χ0n) is 12.4. The van der Waals surface area contributed by atoms with E-state index < -0.39 is 11.4 Å². The molecule has 0 radical (unpaired) electrons. The summed E-state index contributed by atoms with van der Waals surface area (Å²) < 4.78 is 20.6. The Labute approximate surface area is 147 Å². The Hall–Kier alpha value is -1.14. The molecule has 0 bridgehead atoms. The summed E-state index contributed by atoms with van der Waals surface area (Å²) in [6.45, 7) is 0.312. The summed E-state index contributed by atoms with van der Waals surface area (Å²) in [6, 6.07) is 10.9. The van der Waals surface area contributed by atoms with Gasteiger partial charge in [0.15, 0.2) is 5.60 Å². The van der Waals surface area contributed by atoms with Crippen molar-refractivity contribution < 1.29 is 14.2 Å². The Morgan fingerprint density at radius 2 is 2.09 bits per heavy atom. The van der Waals surface area contributed by atoms with Crippen LogP contribution in [-0.2, 0) is 5.60 Å². The van der Waals surface area contributed by atoms with Crippen LogP contribution in [0.15, 0.2) is 40.9 Å². The highest BCUT2D eigenvalue weighted by molar-refractivity contribution is 9.10. The molecule has 0 aromatic heterocycles. The van der Waals surface area contributed by atoms with Crippen LogP contribution in [0.25, 0.3) is 0 Å². The van der Waals surface area contributed by atoms with Crippen LogP contribution < -0.4 is 10.1 Å². The summed E-state index contributed by atoms with van der Waals surface area (Å²) >= 11 is 9.38. The highest BCUT2D eigenvalue weighted by atomic mass is 79.9. The minimum absolute atomic E-state index is 0.000815. The zero-order chi connectivity index (χ0) is 16.6. The van der Waals surface area contributed by atoms with Crippen LogP contribution in [0, 0.1) is 5.82 Å². The second kappa shape index (κ2) is 6.40. The van der Waals surface area contributed by atoms with Crippen molar-refractivity contribution in [2.24, 2.45) is 0 Å². The van der Waals surface area contributed by atoms with Crippen LogP contribution in [0.1, 0.15) is 17.0 Å². The molecule has 0 fully saturated rings. The topological polar surface area (TPSA) is 41.5 Å². The third-order valence-corrected chi connectivity index (χ3v) is 5.67. The van der Waals surface area contributed by atoms with E-state index in [2.05, 4.69) is 21.2 Å². The molecule has 3 rings (SSSR count). The zero-order valence-corrected chi connectivity index (χ0v) is 14.8. The third kappa shape index (κ3) is 2.56. The Kier molecular flexibility index (Phi) is 4.65. The number of rotatable bonds is 4. The Morgan fingerprint density at radius 1 is 1.39 bits per heavy atom. The molecular weight excluding hydrogens is 385 g/mol. The molecule has 0 aliphatic carbocycles. The van der Waals surface area contributed by atoms with Gasteiger partial charge in [0.2, 0.25) is 0 Å². The Bertz CT molecular complexity index is 728. The van der Waals surface area contributed by atoms with Gasteiger partial charge >= 0.3 is 0 Å². The molecule has 3 nitrogen and oxygen atoms in total. The maximum Gasteiger partial charge on any atom is 0.155 e. The standard InChI is InChI=1S/C17H16BrClFNO2/c1-21-9-17(10-5-3-2-4-6-10)11(8-22)14-13(23-17)7-12(20)16(19)15(14)18/h2-7,11,21-22H,8-9H2,1H3/t11-,17+/m0/s1. The fourth-order valence-corrected chi connectivity index (χ4v) is 4.06. The molecule has 23 heavy (non-hydrogen) atoms. The van der Waals surface area contributed by atoms with Gasteiger partial charge in [0.05, 0.1) is 17.5 Å². The van der Waals surface area contributed by atoms with Gasteiger partial charge in [0.25, 0.3) is 0 Å². The van der Waals surface area contributed by atoms with Crippen molar-refractivity contribution in [3.05, 3.63) is 62.8 Å². The van der Waals surface area contributed by atoms with Gasteiger partial charge in [-0.2, -0.15) is 0 Å². The number of ether oxygens (including phenoxy) is 1. The normalized spacial score (nSPS) is 22.7. The van der Waals surface area contributed by atoms with Crippen LogP contribution in [-0.4, -0.2) is 25.3 Å². The van der Waals surface area contributed by atoms with Gasteiger partial charge in [-0.3, -0.25) is 0 Å². The molecule has 2 atom stereocenters. The van der Waals surface area contributed by atoms with Gasteiger partial charge < -0.3 is 15.2 Å². The molecular formula is C17H16BrClFNO2. The number of fused-ring (bicyclic) bond motifs is 1. The monoisotopic (exact) mass is 399 g/mol. The van der Waals surface area contributed by atoms with Gasteiger partial charge in [-0.05, 0) is 28.5 Å². The summed E-state index contributed by atoms with van der Waals surface area (Å²) in [5, 5.41) is 13.2. The molecule has 1 aliphatic rings. The molecule has 1 aliphatic heterocycles. The smallest absolute Gasteiger partial charge is 0.155 e. The van der Waals surface area contributed by atoms with Crippen LogP contribution >= 0.6 is 27.5 Å². The highest BCUT2D eigenvalue weighted by Crippen LogP contribution is 2.54. The SMILES string of the molecule is CNC[C@]1(c2ccccc2)Oc2cc(F)c(Cl)c(Br)c2[C@@H]1CO. The van der Waals surface area contributed by atoms with Crippen molar-refractivity contribution in [3.8, 4) is 5.75 Å². The minimum Gasteiger partial charge on any atom is -0.480 e. The van der Waals surface area contributed by atoms with E-state index in [-0.39, 0.29) is 17.5 Å².